The minimum atomic E-state index is -4.81. The normalized spacial score (nSPS) is 12.1. The van der Waals surface area contributed by atoms with Gasteiger partial charge in [-0.15, -0.1) is 4.33 Å². The van der Waals surface area contributed by atoms with Crippen LogP contribution in [-0.4, -0.2) is 35.1 Å². The summed E-state index contributed by atoms with van der Waals surface area (Å²) in [5, 5.41) is 12.7. The molecule has 7 rings (SSSR count). The summed E-state index contributed by atoms with van der Waals surface area (Å²) in [6, 6.07) is 44.5. The van der Waals surface area contributed by atoms with E-state index in [4.69, 9.17) is 9.59 Å². The van der Waals surface area contributed by atoms with E-state index in [9.17, 15) is 29.8 Å². The van der Waals surface area contributed by atoms with Gasteiger partial charge in [0.15, 0.2) is 0 Å². The van der Waals surface area contributed by atoms with Crippen LogP contribution in [0.4, 0.5) is 0 Å². The average Bonchev–Trinajstić information content (AvgIpc) is 3.25. The highest BCUT2D eigenvalue weighted by Crippen LogP contribution is 2.41. The van der Waals surface area contributed by atoms with Gasteiger partial charge in [-0.25, -0.2) is 22.1 Å². The number of aryl methyl sites for hydroxylation is 2. The maximum atomic E-state index is 13.9. The molecular formula is C44H34O10S8. The largest absolute Gasteiger partial charge is 0.295 e. The molecule has 318 valence electrons. The molecule has 0 bridgehead atoms. The van der Waals surface area contributed by atoms with Crippen LogP contribution < -0.4 is 0 Å². The van der Waals surface area contributed by atoms with Gasteiger partial charge in [0, 0.05) is 39.2 Å². The monoisotopic (exact) mass is 978 g/mol. The van der Waals surface area contributed by atoms with Crippen molar-refractivity contribution in [3.8, 4) is 0 Å². The Morgan fingerprint density at radius 1 is 0.403 bits per heavy atom. The first-order chi connectivity index (χ1) is 29.6. The first-order valence-corrected chi connectivity index (χ1v) is 26.6. The molecule has 0 aliphatic heterocycles. The molecule has 0 spiro atoms. The van der Waals surface area contributed by atoms with Crippen molar-refractivity contribution in [3.05, 3.63) is 169 Å². The molecule has 0 atom stereocenters. The Hall–Kier alpha value is -4.02. The van der Waals surface area contributed by atoms with Gasteiger partial charge < -0.3 is 0 Å². The smallest absolute Gasteiger partial charge is 0.282 e. The van der Waals surface area contributed by atoms with Crippen LogP contribution in [0.25, 0.3) is 0 Å². The van der Waals surface area contributed by atoms with Gasteiger partial charge in [0.05, 0.1) is 36.5 Å². The van der Waals surface area contributed by atoms with E-state index in [1.54, 1.807) is 78.5 Å². The molecule has 0 fully saturated rings. The Morgan fingerprint density at radius 3 is 1.21 bits per heavy atom. The number of hydrogen-bond donors (Lipinski definition) is 2. The van der Waals surface area contributed by atoms with Crippen molar-refractivity contribution in [2.45, 2.75) is 82.4 Å². The zero-order valence-electron chi connectivity index (χ0n) is 32.4. The average molecular weight is 979 g/mol. The van der Waals surface area contributed by atoms with E-state index in [0.717, 1.165) is 53.4 Å². The van der Waals surface area contributed by atoms with Gasteiger partial charge in [-0.3, -0.25) is 4.55 Å². The lowest BCUT2D eigenvalue weighted by Crippen LogP contribution is -2.06. The van der Waals surface area contributed by atoms with E-state index in [-0.39, 0.29) is 29.4 Å². The summed E-state index contributed by atoms with van der Waals surface area (Å²) in [5.74, 6) is 0. The van der Waals surface area contributed by atoms with Crippen LogP contribution in [0.2, 0.25) is 0 Å². The molecule has 0 aliphatic rings. The molecule has 0 amide bonds. The van der Waals surface area contributed by atoms with Gasteiger partial charge in [-0.2, -0.15) is 8.42 Å². The van der Waals surface area contributed by atoms with Crippen molar-refractivity contribution >= 4 is 88.9 Å². The molecule has 0 saturated carbocycles. The van der Waals surface area contributed by atoms with Crippen molar-refractivity contribution in [3.63, 3.8) is 0 Å². The Morgan fingerprint density at radius 2 is 0.742 bits per heavy atom. The SMILES string of the molecule is Cc1ccc(Sc2ccc(S(=O)(=O)c3ccc(Sc4ccc(Sc5ccc(Sc6ccc(S(=O)(=O)c7ccc(C)cc7)cc6)cc5)cc4)c(SOOO)c3)cc2S(=O)(=O)O)cc1. The van der Waals surface area contributed by atoms with Crippen molar-refractivity contribution in [1.82, 2.24) is 0 Å². The number of sulfone groups is 2. The molecule has 0 aromatic heterocycles. The summed E-state index contributed by atoms with van der Waals surface area (Å²) in [5.41, 5.74) is 1.99. The Balaban J connectivity index is 1.01. The minimum Gasteiger partial charge on any atom is -0.282 e. The van der Waals surface area contributed by atoms with Crippen LogP contribution in [-0.2, 0) is 39.2 Å². The van der Waals surface area contributed by atoms with E-state index in [2.05, 4.69) is 5.04 Å². The first kappa shape index (κ1) is 46.0. The van der Waals surface area contributed by atoms with Crippen molar-refractivity contribution in [1.29, 1.82) is 0 Å². The second-order valence-corrected chi connectivity index (χ2v) is 23.9. The second-order valence-electron chi connectivity index (χ2n) is 13.4. The lowest BCUT2D eigenvalue weighted by molar-refractivity contribution is -0.432. The van der Waals surface area contributed by atoms with Crippen LogP contribution in [0.1, 0.15) is 11.1 Å². The Bertz CT molecular complexity index is 3040. The Kier molecular flexibility index (Phi) is 14.7. The molecule has 18 heteroatoms. The van der Waals surface area contributed by atoms with Gasteiger partial charge in [-0.05, 0) is 147 Å². The second kappa shape index (κ2) is 19.8. The maximum Gasteiger partial charge on any atom is 0.295 e. The van der Waals surface area contributed by atoms with Crippen LogP contribution >= 0.6 is 59.1 Å². The third kappa shape index (κ3) is 11.4. The fourth-order valence-corrected chi connectivity index (χ4v) is 13.5. The molecule has 0 aliphatic carbocycles. The van der Waals surface area contributed by atoms with E-state index < -0.39 is 34.7 Å². The van der Waals surface area contributed by atoms with E-state index in [1.165, 1.54) is 47.8 Å². The zero-order valence-corrected chi connectivity index (χ0v) is 39.0. The van der Waals surface area contributed by atoms with Gasteiger partial charge in [-0.1, -0.05) is 87.5 Å². The molecule has 0 saturated heterocycles. The third-order valence-electron chi connectivity index (χ3n) is 8.94. The first-order valence-electron chi connectivity index (χ1n) is 18.1. The van der Waals surface area contributed by atoms with Crippen molar-refractivity contribution < 1.29 is 44.4 Å². The highest BCUT2D eigenvalue weighted by Gasteiger charge is 2.25. The predicted octanol–water partition coefficient (Wildman–Crippen LogP) is 12.2. The highest BCUT2D eigenvalue weighted by molar-refractivity contribution is 8.01. The molecule has 7 aromatic rings. The summed E-state index contributed by atoms with van der Waals surface area (Å²) in [6.07, 6.45) is 0. The molecule has 0 radical (unpaired) electrons. The summed E-state index contributed by atoms with van der Waals surface area (Å²) in [7, 11) is -12.7. The molecule has 0 unspecified atom stereocenters. The molecule has 7 aromatic carbocycles. The van der Waals surface area contributed by atoms with Crippen LogP contribution in [0.5, 0.6) is 0 Å². The molecule has 0 heterocycles. The van der Waals surface area contributed by atoms with Gasteiger partial charge in [0.2, 0.25) is 19.7 Å². The lowest BCUT2D eigenvalue weighted by Gasteiger charge is -2.13. The quantitative estimate of drug-likeness (QED) is 0.0407. The van der Waals surface area contributed by atoms with Gasteiger partial charge in [0.25, 0.3) is 10.1 Å². The molecule has 2 N–H and O–H groups in total. The molecule has 62 heavy (non-hydrogen) atoms. The topological polar surface area (TPSA) is 161 Å². The predicted molar refractivity (Wildman–Crippen MR) is 242 cm³/mol. The fraction of sp³-hybridized carbons (Fsp3) is 0.0455. The summed E-state index contributed by atoms with van der Waals surface area (Å²) < 4.78 is 93.4. The zero-order chi connectivity index (χ0) is 44.1. The maximum absolute atomic E-state index is 13.9. The highest BCUT2D eigenvalue weighted by atomic mass is 32.2. The summed E-state index contributed by atoms with van der Waals surface area (Å²) >= 11 is 6.07. The standard InChI is InChI=1S/C44H34O10S8/c1-29-3-7-35(8-4-29)58-42-26-24-40(28-44(42)62(50,51)52)61(48,49)39-23-25-41(43(27-39)59-54-53-45)57-36-15-13-33(14-16-36)55-31-9-11-32(12-10-31)56-34-17-21-38(22-18-34)60(46,47)37-19-5-30(2)6-20-37/h3-28,45H,1-2H3,(H,50,51,52). The van der Waals surface area contributed by atoms with Gasteiger partial charge >= 0.3 is 0 Å². The third-order valence-corrected chi connectivity index (χ3v) is 18.5. The number of rotatable bonds is 16. The Labute approximate surface area is 381 Å². The fourth-order valence-electron chi connectivity index (χ4n) is 5.76. The molecular weight excluding hydrogens is 945 g/mol. The van der Waals surface area contributed by atoms with E-state index >= 15 is 0 Å². The number of hydrogen-bond acceptors (Lipinski definition) is 14. The summed E-state index contributed by atoms with van der Waals surface area (Å²) in [4.78, 5) is 5.82. The van der Waals surface area contributed by atoms with Crippen molar-refractivity contribution in [2.24, 2.45) is 0 Å². The summed E-state index contributed by atoms with van der Waals surface area (Å²) in [6.45, 7) is 3.82. The van der Waals surface area contributed by atoms with Crippen molar-refractivity contribution in [2.75, 3.05) is 0 Å². The van der Waals surface area contributed by atoms with Crippen LogP contribution in [0, 0.1) is 13.8 Å². The minimum absolute atomic E-state index is 0.152. The van der Waals surface area contributed by atoms with Crippen LogP contribution in [0.15, 0.2) is 226 Å². The van der Waals surface area contributed by atoms with E-state index in [1.807, 2.05) is 74.5 Å². The van der Waals surface area contributed by atoms with Crippen LogP contribution in [0.3, 0.4) is 0 Å². The number of benzene rings is 7. The lowest BCUT2D eigenvalue weighted by atomic mass is 10.2. The molecule has 10 nitrogen and oxygen atoms in total. The van der Waals surface area contributed by atoms with Gasteiger partial charge in [0.1, 0.15) is 4.90 Å². The van der Waals surface area contributed by atoms with E-state index in [0.29, 0.717) is 21.8 Å².